The van der Waals surface area contributed by atoms with E-state index in [0.717, 1.165) is 27.3 Å². The van der Waals surface area contributed by atoms with Gasteiger partial charge in [-0.3, -0.25) is 0 Å². The molecule has 0 heterocycles. The molecule has 0 aliphatic heterocycles. The first-order valence-corrected chi connectivity index (χ1v) is 17.6. The van der Waals surface area contributed by atoms with Crippen LogP contribution in [0.25, 0.3) is 66.8 Å². The maximum absolute atomic E-state index is 6.55. The summed E-state index contributed by atoms with van der Waals surface area (Å²) in [6, 6.07) is 68.6. The van der Waals surface area contributed by atoms with E-state index in [1.54, 1.807) is 0 Å². The molecule has 0 aromatic heterocycles. The van der Waals surface area contributed by atoms with Crippen molar-refractivity contribution < 1.29 is 0 Å². The summed E-state index contributed by atoms with van der Waals surface area (Å²) < 4.78 is 0. The van der Waals surface area contributed by atoms with Gasteiger partial charge < -0.3 is 0 Å². The first-order chi connectivity index (χ1) is 24.7. The van der Waals surface area contributed by atoms with Crippen molar-refractivity contribution in [1.82, 2.24) is 0 Å². The molecule has 0 amide bonds. The molecule has 1 heteroatoms. The van der Waals surface area contributed by atoms with Crippen LogP contribution < -0.4 is 0 Å². The van der Waals surface area contributed by atoms with Crippen LogP contribution in [0.2, 0.25) is 5.02 Å². The maximum atomic E-state index is 6.55. The zero-order chi connectivity index (χ0) is 33.2. The van der Waals surface area contributed by atoms with E-state index in [0.29, 0.717) is 0 Å². The van der Waals surface area contributed by atoms with Crippen LogP contribution >= 0.6 is 11.6 Å². The zero-order valence-electron chi connectivity index (χ0n) is 27.3. The van der Waals surface area contributed by atoms with Crippen molar-refractivity contribution >= 4 is 11.6 Å². The van der Waals surface area contributed by atoms with Crippen molar-refractivity contribution in [2.45, 2.75) is 5.41 Å². The van der Waals surface area contributed by atoms with Crippen LogP contribution in [-0.4, -0.2) is 0 Å². The Labute approximate surface area is 297 Å². The Morgan fingerprint density at radius 2 is 0.740 bits per heavy atom. The lowest BCUT2D eigenvalue weighted by atomic mass is 9.70. The molecule has 234 valence electrons. The summed E-state index contributed by atoms with van der Waals surface area (Å²) in [5, 5.41) is 0.734. The molecule has 0 radical (unpaired) electrons. The summed E-state index contributed by atoms with van der Waals surface area (Å²) in [4.78, 5) is 0. The van der Waals surface area contributed by atoms with Gasteiger partial charge in [-0.05, 0) is 107 Å². The van der Waals surface area contributed by atoms with Gasteiger partial charge in [0.1, 0.15) is 0 Å². The lowest BCUT2D eigenvalue weighted by molar-refractivity contribution is 0.794. The minimum atomic E-state index is -0.369. The first-order valence-electron chi connectivity index (χ1n) is 17.2. The quantitative estimate of drug-likeness (QED) is 0.177. The van der Waals surface area contributed by atoms with Gasteiger partial charge in [-0.25, -0.2) is 0 Å². The van der Waals surface area contributed by atoms with Gasteiger partial charge in [0.2, 0.25) is 0 Å². The van der Waals surface area contributed by atoms with Gasteiger partial charge >= 0.3 is 0 Å². The fraction of sp³-hybridized carbons (Fsp3) is 0.0204. The van der Waals surface area contributed by atoms with E-state index in [1.165, 1.54) is 66.8 Å². The number of halogens is 1. The summed E-state index contributed by atoms with van der Waals surface area (Å²) in [6.07, 6.45) is 0. The topological polar surface area (TPSA) is 0 Å². The summed E-state index contributed by atoms with van der Waals surface area (Å²) in [7, 11) is 0. The van der Waals surface area contributed by atoms with Crippen molar-refractivity contribution in [1.29, 1.82) is 0 Å². The highest BCUT2D eigenvalue weighted by atomic mass is 35.5. The highest BCUT2D eigenvalue weighted by molar-refractivity contribution is 6.31. The van der Waals surface area contributed by atoms with Gasteiger partial charge in [0.15, 0.2) is 0 Å². The molecule has 1 spiro atoms. The third-order valence-corrected chi connectivity index (χ3v) is 11.0. The van der Waals surface area contributed by atoms with E-state index in [-0.39, 0.29) is 5.41 Å². The molecular weight excluding hydrogens is 624 g/mol. The molecule has 2 aliphatic carbocycles. The Hall–Kier alpha value is -5.95. The van der Waals surface area contributed by atoms with Crippen molar-refractivity contribution in [3.63, 3.8) is 0 Å². The van der Waals surface area contributed by atoms with Crippen LogP contribution in [0, 0.1) is 0 Å². The average molecular weight is 655 g/mol. The Bertz CT molecular complexity index is 2570. The fourth-order valence-electron chi connectivity index (χ4n) is 8.82. The molecule has 50 heavy (non-hydrogen) atoms. The van der Waals surface area contributed by atoms with Gasteiger partial charge in [0.05, 0.1) is 5.41 Å². The molecule has 2 aliphatic rings. The lowest BCUT2D eigenvalue weighted by Crippen LogP contribution is -2.25. The largest absolute Gasteiger partial charge is 0.0843 e. The van der Waals surface area contributed by atoms with Gasteiger partial charge in [-0.1, -0.05) is 181 Å². The van der Waals surface area contributed by atoms with Gasteiger partial charge in [-0.2, -0.15) is 0 Å². The van der Waals surface area contributed by atoms with Crippen LogP contribution in [0.15, 0.2) is 188 Å². The number of fused-ring (bicyclic) bond motifs is 10. The van der Waals surface area contributed by atoms with Crippen LogP contribution in [0.3, 0.4) is 0 Å². The van der Waals surface area contributed by atoms with E-state index in [4.69, 9.17) is 11.6 Å². The van der Waals surface area contributed by atoms with Crippen molar-refractivity contribution in [2.24, 2.45) is 0 Å². The molecule has 0 saturated carbocycles. The predicted molar refractivity (Wildman–Crippen MR) is 209 cm³/mol. The molecule has 0 saturated heterocycles. The van der Waals surface area contributed by atoms with Gasteiger partial charge in [-0.15, -0.1) is 0 Å². The van der Waals surface area contributed by atoms with E-state index in [2.05, 4.69) is 182 Å². The minimum absolute atomic E-state index is 0.369. The summed E-state index contributed by atoms with van der Waals surface area (Å²) in [6.45, 7) is 0. The molecule has 0 unspecified atom stereocenters. The highest BCUT2D eigenvalue weighted by Crippen LogP contribution is 2.64. The van der Waals surface area contributed by atoms with Crippen LogP contribution in [0.5, 0.6) is 0 Å². The third-order valence-electron chi connectivity index (χ3n) is 10.8. The Morgan fingerprint density at radius 3 is 1.42 bits per heavy atom. The monoisotopic (exact) mass is 654 g/mol. The van der Waals surface area contributed by atoms with Crippen molar-refractivity contribution in [2.75, 3.05) is 0 Å². The zero-order valence-corrected chi connectivity index (χ0v) is 28.0. The Balaban J connectivity index is 1.19. The van der Waals surface area contributed by atoms with Crippen LogP contribution in [-0.2, 0) is 5.41 Å². The van der Waals surface area contributed by atoms with Crippen LogP contribution in [0.4, 0.5) is 0 Å². The minimum Gasteiger partial charge on any atom is -0.0843 e. The van der Waals surface area contributed by atoms with E-state index in [1.807, 2.05) is 6.07 Å². The lowest BCUT2D eigenvalue weighted by Gasteiger charge is -2.30. The van der Waals surface area contributed by atoms with E-state index in [9.17, 15) is 0 Å². The highest BCUT2D eigenvalue weighted by Gasteiger charge is 2.51. The first kappa shape index (κ1) is 29.0. The molecule has 0 N–H and O–H groups in total. The van der Waals surface area contributed by atoms with Gasteiger partial charge in [0.25, 0.3) is 0 Å². The Morgan fingerprint density at radius 1 is 0.280 bits per heavy atom. The van der Waals surface area contributed by atoms with Crippen molar-refractivity contribution in [3.8, 4) is 66.8 Å². The number of hydrogen-bond donors (Lipinski definition) is 0. The molecule has 0 fully saturated rings. The van der Waals surface area contributed by atoms with E-state index < -0.39 is 0 Å². The summed E-state index contributed by atoms with van der Waals surface area (Å²) >= 11 is 6.55. The molecule has 0 atom stereocenters. The number of hydrogen-bond acceptors (Lipinski definition) is 0. The standard InChI is InChI=1S/C49H31Cl/c50-35-28-29-37(43(31-35)32-14-2-1-3-15-32)34-17-12-16-33(30-34)36-18-4-5-19-38(36)41-23-13-27-47-48(41)42-22-8-11-26-46(42)49(47)44-24-9-6-20-39(44)40-21-7-10-25-45(40)49/h1-31H. The molecule has 8 aromatic rings. The van der Waals surface area contributed by atoms with Crippen LogP contribution in [0.1, 0.15) is 22.3 Å². The second kappa shape index (κ2) is 11.3. The SMILES string of the molecule is Clc1ccc(-c2cccc(-c3ccccc3-c3cccc4c3-c3ccccc3C43c4ccccc4-c4ccccc43)c2)c(-c2ccccc2)c1. The Kier molecular flexibility index (Phi) is 6.56. The second-order valence-corrected chi connectivity index (χ2v) is 13.7. The van der Waals surface area contributed by atoms with Crippen molar-refractivity contribution in [3.05, 3.63) is 215 Å². The normalized spacial score (nSPS) is 13.1. The van der Waals surface area contributed by atoms with Gasteiger partial charge in [0, 0.05) is 5.02 Å². The third kappa shape index (κ3) is 4.13. The molecular formula is C49H31Cl. The number of rotatable bonds is 4. The van der Waals surface area contributed by atoms with E-state index >= 15 is 0 Å². The summed E-state index contributed by atoms with van der Waals surface area (Å²) in [5.41, 5.74) is 19.8. The predicted octanol–water partition coefficient (Wildman–Crippen LogP) is 13.4. The molecule has 0 nitrogen and oxygen atoms in total. The molecule has 0 bridgehead atoms. The molecule has 10 rings (SSSR count). The fourth-order valence-corrected chi connectivity index (χ4v) is 8.99. The number of benzene rings is 8. The summed E-state index contributed by atoms with van der Waals surface area (Å²) in [5.74, 6) is 0. The molecule has 8 aromatic carbocycles. The second-order valence-electron chi connectivity index (χ2n) is 13.3. The maximum Gasteiger partial charge on any atom is 0.0725 e. The smallest absolute Gasteiger partial charge is 0.0725 e. The average Bonchev–Trinajstić information content (AvgIpc) is 3.66.